The van der Waals surface area contributed by atoms with Crippen LogP contribution in [-0.2, 0) is 10.2 Å². The number of nitrogens with one attached hydrogen (secondary N) is 1. The molecule has 0 amide bonds. The normalized spacial score (nSPS) is 21.7. The highest BCUT2D eigenvalue weighted by molar-refractivity contribution is 7.13. The highest BCUT2D eigenvalue weighted by Crippen LogP contribution is 2.51. The number of anilines is 1. The first-order valence-electron chi connectivity index (χ1n) is 8.78. The van der Waals surface area contributed by atoms with Gasteiger partial charge in [0.25, 0.3) is 0 Å². The number of hydrogen-bond donors (Lipinski definition) is 1. The van der Waals surface area contributed by atoms with Crippen molar-refractivity contribution >= 4 is 27.6 Å². The quantitative estimate of drug-likeness (QED) is 0.766. The average Bonchev–Trinajstić information content (AvgIpc) is 3.06. The molecule has 5 rings (SSSR count). The van der Waals surface area contributed by atoms with E-state index in [4.69, 9.17) is 9.72 Å². The van der Waals surface area contributed by atoms with Crippen LogP contribution in [0, 0.1) is 11.3 Å². The number of aromatic amines is 1. The zero-order chi connectivity index (χ0) is 17.7. The SMILES string of the molecule is C[C@@H]1COCCN1c1cc(C2(C#N)CC2)c2snc(-c3ccn[nH]3)c2n1. The van der Waals surface area contributed by atoms with Crippen LogP contribution >= 0.6 is 11.5 Å². The smallest absolute Gasteiger partial charge is 0.130 e. The molecule has 0 radical (unpaired) electrons. The standard InChI is InChI=1S/C18H18N6OS/c1-11-9-25-7-6-24(11)14-8-12(18(10-19)3-4-18)17-16(21-14)15(23-26-17)13-2-5-20-22-13/h2,5,8,11H,3-4,6-7,9H2,1H3,(H,20,22)/t11-/m1/s1. The number of rotatable bonds is 3. The summed E-state index contributed by atoms with van der Waals surface area (Å²) in [4.78, 5) is 7.23. The van der Waals surface area contributed by atoms with Crippen LogP contribution < -0.4 is 4.90 Å². The van der Waals surface area contributed by atoms with Crippen molar-refractivity contribution in [2.75, 3.05) is 24.7 Å². The highest BCUT2D eigenvalue weighted by Gasteiger charge is 2.47. The summed E-state index contributed by atoms with van der Waals surface area (Å²) >= 11 is 1.42. The first-order valence-corrected chi connectivity index (χ1v) is 9.55. The third-order valence-electron chi connectivity index (χ3n) is 5.31. The maximum Gasteiger partial charge on any atom is 0.130 e. The van der Waals surface area contributed by atoms with E-state index in [1.54, 1.807) is 6.20 Å². The third-order valence-corrected chi connectivity index (χ3v) is 6.18. The zero-order valence-corrected chi connectivity index (χ0v) is 15.2. The van der Waals surface area contributed by atoms with E-state index < -0.39 is 0 Å². The summed E-state index contributed by atoms with van der Waals surface area (Å²) in [6.07, 6.45) is 3.52. The van der Waals surface area contributed by atoms with Crippen molar-refractivity contribution in [2.24, 2.45) is 0 Å². The summed E-state index contributed by atoms with van der Waals surface area (Å²) in [5.74, 6) is 0.908. The van der Waals surface area contributed by atoms with Gasteiger partial charge in [0.2, 0.25) is 0 Å². The molecule has 1 aliphatic carbocycles. The van der Waals surface area contributed by atoms with E-state index in [0.717, 1.165) is 52.4 Å². The largest absolute Gasteiger partial charge is 0.377 e. The van der Waals surface area contributed by atoms with Gasteiger partial charge in [-0.25, -0.2) is 4.98 Å². The summed E-state index contributed by atoms with van der Waals surface area (Å²) in [7, 11) is 0. The minimum atomic E-state index is -0.386. The average molecular weight is 366 g/mol. The molecule has 3 aromatic heterocycles. The van der Waals surface area contributed by atoms with Crippen LogP contribution in [0.1, 0.15) is 25.3 Å². The molecule has 8 heteroatoms. The van der Waals surface area contributed by atoms with Crippen LogP contribution in [0.25, 0.3) is 21.6 Å². The van der Waals surface area contributed by atoms with Gasteiger partial charge in [-0.15, -0.1) is 0 Å². The molecular weight excluding hydrogens is 348 g/mol. The Hall–Kier alpha value is -2.50. The van der Waals surface area contributed by atoms with E-state index in [0.29, 0.717) is 13.2 Å². The van der Waals surface area contributed by atoms with Gasteiger partial charge in [-0.05, 0) is 49.0 Å². The maximum absolute atomic E-state index is 9.78. The molecule has 1 N–H and O–H groups in total. The predicted octanol–water partition coefficient (Wildman–Crippen LogP) is 2.86. The molecule has 7 nitrogen and oxygen atoms in total. The minimum absolute atomic E-state index is 0.251. The Balaban J connectivity index is 1.73. The van der Waals surface area contributed by atoms with Crippen molar-refractivity contribution in [1.82, 2.24) is 19.6 Å². The van der Waals surface area contributed by atoms with Crippen LogP contribution in [-0.4, -0.2) is 45.4 Å². The summed E-state index contributed by atoms with van der Waals surface area (Å²) in [6, 6.07) is 6.79. The maximum atomic E-state index is 9.78. The number of fused-ring (bicyclic) bond motifs is 1. The number of nitriles is 1. The molecular formula is C18H18N6OS. The molecule has 0 aromatic carbocycles. The van der Waals surface area contributed by atoms with E-state index in [-0.39, 0.29) is 11.5 Å². The summed E-state index contributed by atoms with van der Waals surface area (Å²) in [6.45, 7) is 4.32. The fourth-order valence-electron chi connectivity index (χ4n) is 3.61. The molecule has 4 heterocycles. The van der Waals surface area contributed by atoms with Gasteiger partial charge in [0.1, 0.15) is 17.0 Å². The van der Waals surface area contributed by atoms with Crippen molar-refractivity contribution in [2.45, 2.75) is 31.2 Å². The van der Waals surface area contributed by atoms with Crippen molar-refractivity contribution in [1.29, 1.82) is 5.26 Å². The third kappa shape index (κ3) is 2.31. The van der Waals surface area contributed by atoms with Crippen LogP contribution in [0.3, 0.4) is 0 Å². The van der Waals surface area contributed by atoms with E-state index >= 15 is 0 Å². The summed E-state index contributed by atoms with van der Waals surface area (Å²) in [5.41, 5.74) is 3.20. The number of pyridine rings is 1. The van der Waals surface area contributed by atoms with Gasteiger partial charge in [-0.1, -0.05) is 0 Å². The van der Waals surface area contributed by atoms with Crippen LogP contribution in [0.4, 0.5) is 5.82 Å². The first kappa shape index (κ1) is 15.7. The van der Waals surface area contributed by atoms with Crippen molar-refractivity contribution < 1.29 is 4.74 Å². The Morgan fingerprint density at radius 2 is 2.35 bits per heavy atom. The van der Waals surface area contributed by atoms with Gasteiger partial charge in [0.05, 0.1) is 41.1 Å². The zero-order valence-electron chi connectivity index (χ0n) is 14.4. The Labute approximate surface area is 154 Å². The molecule has 1 aliphatic heterocycles. The van der Waals surface area contributed by atoms with E-state index in [1.165, 1.54) is 11.5 Å². The lowest BCUT2D eigenvalue weighted by Gasteiger charge is -2.34. The minimum Gasteiger partial charge on any atom is -0.377 e. The number of aromatic nitrogens is 4. The number of nitrogens with zero attached hydrogens (tertiary/aromatic N) is 5. The number of H-pyrrole nitrogens is 1. The second-order valence-electron chi connectivity index (χ2n) is 7.02. The van der Waals surface area contributed by atoms with E-state index in [9.17, 15) is 5.26 Å². The van der Waals surface area contributed by atoms with E-state index in [2.05, 4.69) is 38.5 Å². The van der Waals surface area contributed by atoms with Gasteiger partial charge in [0.15, 0.2) is 0 Å². The van der Waals surface area contributed by atoms with Gasteiger partial charge in [0, 0.05) is 12.7 Å². The van der Waals surface area contributed by atoms with Crippen LogP contribution in [0.2, 0.25) is 0 Å². The summed E-state index contributed by atoms with van der Waals surface area (Å²) in [5, 5.41) is 16.8. The fourth-order valence-corrected chi connectivity index (χ4v) is 4.56. The molecule has 0 unspecified atom stereocenters. The van der Waals surface area contributed by atoms with Gasteiger partial charge >= 0.3 is 0 Å². The Morgan fingerprint density at radius 1 is 1.46 bits per heavy atom. The molecule has 2 aliphatic rings. The molecule has 0 bridgehead atoms. The van der Waals surface area contributed by atoms with Crippen LogP contribution in [0.5, 0.6) is 0 Å². The monoisotopic (exact) mass is 366 g/mol. The molecule has 1 saturated heterocycles. The van der Waals surface area contributed by atoms with Crippen LogP contribution in [0.15, 0.2) is 18.3 Å². The molecule has 132 valence electrons. The van der Waals surface area contributed by atoms with Gasteiger partial charge < -0.3 is 9.64 Å². The first-order chi connectivity index (χ1) is 12.7. The Kier molecular flexibility index (Phi) is 3.48. The fraction of sp³-hybridized carbons (Fsp3) is 0.444. The molecule has 26 heavy (non-hydrogen) atoms. The second-order valence-corrected chi connectivity index (χ2v) is 7.79. The van der Waals surface area contributed by atoms with Crippen molar-refractivity contribution in [3.63, 3.8) is 0 Å². The number of morpholine rings is 1. The van der Waals surface area contributed by atoms with E-state index in [1.807, 2.05) is 6.07 Å². The molecule has 3 aromatic rings. The molecule has 0 spiro atoms. The Morgan fingerprint density at radius 3 is 3.04 bits per heavy atom. The second kappa shape index (κ2) is 5.76. The lowest BCUT2D eigenvalue weighted by Crippen LogP contribution is -2.44. The lowest BCUT2D eigenvalue weighted by molar-refractivity contribution is 0.0985. The Bertz CT molecular complexity index is 1000. The topological polar surface area (TPSA) is 90.7 Å². The predicted molar refractivity (Wildman–Crippen MR) is 99.1 cm³/mol. The molecule has 2 fully saturated rings. The summed E-state index contributed by atoms with van der Waals surface area (Å²) < 4.78 is 11.2. The van der Waals surface area contributed by atoms with Gasteiger partial charge in [-0.3, -0.25) is 5.10 Å². The number of hydrogen-bond acceptors (Lipinski definition) is 7. The molecule has 1 saturated carbocycles. The molecule has 1 atom stereocenters. The highest BCUT2D eigenvalue weighted by atomic mass is 32.1. The number of ether oxygens (including phenoxy) is 1. The van der Waals surface area contributed by atoms with Crippen molar-refractivity contribution in [3.8, 4) is 17.5 Å². The lowest BCUT2D eigenvalue weighted by atomic mass is 9.97. The van der Waals surface area contributed by atoms with Crippen molar-refractivity contribution in [3.05, 3.63) is 23.9 Å². The van der Waals surface area contributed by atoms with Gasteiger partial charge in [-0.2, -0.15) is 14.7 Å².